The van der Waals surface area contributed by atoms with Crippen LogP contribution in [0, 0.1) is 5.92 Å². The molecule has 1 aliphatic rings. The van der Waals surface area contributed by atoms with Crippen LogP contribution in [0.4, 0.5) is 0 Å². The quantitative estimate of drug-likeness (QED) is 0.768. The molecule has 0 heterocycles. The van der Waals surface area contributed by atoms with Gasteiger partial charge in [0.1, 0.15) is 0 Å². The summed E-state index contributed by atoms with van der Waals surface area (Å²) in [5.41, 5.74) is 1.99. The minimum Gasteiger partial charge on any atom is -0.334 e. The van der Waals surface area contributed by atoms with Crippen LogP contribution in [-0.4, -0.2) is 17.4 Å². The van der Waals surface area contributed by atoms with Gasteiger partial charge >= 0.3 is 0 Å². The molecule has 1 amide bonds. The number of hydrogen-bond acceptors (Lipinski definition) is 1. The summed E-state index contributed by atoms with van der Waals surface area (Å²) in [6.45, 7) is 1.58. The molecular weight excluding hydrogens is 282 g/mol. The Balaban J connectivity index is 1.76. The van der Waals surface area contributed by atoms with E-state index < -0.39 is 0 Å². The molecule has 2 heteroatoms. The van der Waals surface area contributed by atoms with Crippen LogP contribution < -0.4 is 0 Å². The first-order chi connectivity index (χ1) is 11.3. The Morgan fingerprint density at radius 2 is 1.48 bits per heavy atom. The Morgan fingerprint density at radius 3 is 2.13 bits per heavy atom. The maximum absolute atomic E-state index is 12.9. The number of hydrogen-bond donors (Lipinski definition) is 0. The van der Waals surface area contributed by atoms with Crippen molar-refractivity contribution in [3.63, 3.8) is 0 Å². The third-order valence-electron chi connectivity index (χ3n) is 4.73. The van der Waals surface area contributed by atoms with Gasteiger partial charge in [0.2, 0.25) is 0 Å². The average Bonchev–Trinajstić information content (AvgIpc) is 2.63. The minimum absolute atomic E-state index is 0.153. The van der Waals surface area contributed by atoms with Gasteiger partial charge in [0.25, 0.3) is 5.91 Å². The van der Waals surface area contributed by atoms with Crippen LogP contribution in [0.3, 0.4) is 0 Å². The topological polar surface area (TPSA) is 20.3 Å². The summed E-state index contributed by atoms with van der Waals surface area (Å²) in [6, 6.07) is 20.0. The second kappa shape index (κ2) is 7.96. The third kappa shape index (κ3) is 4.44. The largest absolute Gasteiger partial charge is 0.334 e. The Labute approximate surface area is 139 Å². The minimum atomic E-state index is 0.153. The molecule has 2 aromatic carbocycles. The number of carbonyl (C=O) groups excluding carboxylic acids is 1. The second-order valence-corrected chi connectivity index (χ2v) is 6.54. The van der Waals surface area contributed by atoms with E-state index in [0.29, 0.717) is 12.5 Å². The lowest BCUT2D eigenvalue weighted by Crippen LogP contribution is -2.35. The van der Waals surface area contributed by atoms with Gasteiger partial charge in [0, 0.05) is 18.7 Å². The summed E-state index contributed by atoms with van der Waals surface area (Å²) >= 11 is 0. The van der Waals surface area contributed by atoms with Gasteiger partial charge in [0.05, 0.1) is 0 Å². The molecule has 0 unspecified atom stereocenters. The van der Waals surface area contributed by atoms with E-state index in [9.17, 15) is 4.79 Å². The van der Waals surface area contributed by atoms with E-state index in [0.717, 1.165) is 12.1 Å². The zero-order valence-electron chi connectivity index (χ0n) is 13.7. The van der Waals surface area contributed by atoms with E-state index >= 15 is 0 Å². The number of amides is 1. The van der Waals surface area contributed by atoms with Crippen LogP contribution in [0.15, 0.2) is 60.7 Å². The Hall–Kier alpha value is -2.09. The van der Waals surface area contributed by atoms with Crippen molar-refractivity contribution in [3.8, 4) is 0 Å². The summed E-state index contributed by atoms with van der Waals surface area (Å²) in [5, 5.41) is 0. The predicted molar refractivity (Wildman–Crippen MR) is 94.2 cm³/mol. The lowest BCUT2D eigenvalue weighted by atomic mass is 9.88. The molecule has 120 valence electrons. The molecule has 0 bridgehead atoms. The monoisotopic (exact) mass is 307 g/mol. The lowest BCUT2D eigenvalue weighted by Gasteiger charge is -2.30. The van der Waals surface area contributed by atoms with E-state index in [-0.39, 0.29) is 5.91 Å². The second-order valence-electron chi connectivity index (χ2n) is 6.54. The van der Waals surface area contributed by atoms with E-state index in [2.05, 4.69) is 12.1 Å². The third-order valence-corrected chi connectivity index (χ3v) is 4.73. The molecule has 0 aromatic heterocycles. The molecule has 1 fully saturated rings. The Kier molecular flexibility index (Phi) is 5.46. The molecule has 23 heavy (non-hydrogen) atoms. The fraction of sp³-hybridized carbons (Fsp3) is 0.381. The number of rotatable bonds is 5. The van der Waals surface area contributed by atoms with Crippen LogP contribution in [0.5, 0.6) is 0 Å². The average molecular weight is 307 g/mol. The highest BCUT2D eigenvalue weighted by atomic mass is 16.2. The highest BCUT2D eigenvalue weighted by Gasteiger charge is 2.22. The van der Waals surface area contributed by atoms with Gasteiger partial charge in [-0.05, 0) is 36.5 Å². The molecular formula is C21H25NO. The van der Waals surface area contributed by atoms with Gasteiger partial charge in [-0.1, -0.05) is 67.8 Å². The van der Waals surface area contributed by atoms with Gasteiger partial charge in [0.15, 0.2) is 0 Å². The first-order valence-electron chi connectivity index (χ1n) is 8.71. The Morgan fingerprint density at radius 1 is 0.870 bits per heavy atom. The van der Waals surface area contributed by atoms with Gasteiger partial charge in [-0.25, -0.2) is 0 Å². The van der Waals surface area contributed by atoms with Gasteiger partial charge in [-0.15, -0.1) is 0 Å². The van der Waals surface area contributed by atoms with Crippen LogP contribution in [0.1, 0.15) is 48.0 Å². The van der Waals surface area contributed by atoms with E-state index in [1.165, 1.54) is 37.7 Å². The van der Waals surface area contributed by atoms with Crippen molar-refractivity contribution in [2.45, 2.75) is 38.6 Å². The number of benzene rings is 2. The summed E-state index contributed by atoms with van der Waals surface area (Å²) < 4.78 is 0. The molecule has 2 aromatic rings. The summed E-state index contributed by atoms with van der Waals surface area (Å²) in [4.78, 5) is 15.0. The van der Waals surface area contributed by atoms with E-state index in [4.69, 9.17) is 0 Å². The smallest absolute Gasteiger partial charge is 0.254 e. The molecule has 0 N–H and O–H groups in total. The van der Waals surface area contributed by atoms with Crippen molar-refractivity contribution in [1.82, 2.24) is 4.90 Å². The lowest BCUT2D eigenvalue weighted by molar-refractivity contribution is 0.0699. The van der Waals surface area contributed by atoms with E-state index in [1.807, 2.05) is 53.4 Å². The molecule has 0 aliphatic heterocycles. The molecule has 0 spiro atoms. The van der Waals surface area contributed by atoms with E-state index in [1.54, 1.807) is 0 Å². The standard InChI is InChI=1S/C21H25NO/c23-21(20-14-8-3-9-15-20)22(16-18-10-4-1-5-11-18)17-19-12-6-2-7-13-19/h1,3-5,8-11,14-15,19H,2,6-7,12-13,16-17H2. The fourth-order valence-corrected chi connectivity index (χ4v) is 3.47. The highest BCUT2D eigenvalue weighted by Crippen LogP contribution is 2.25. The van der Waals surface area contributed by atoms with Crippen molar-refractivity contribution >= 4 is 5.91 Å². The summed E-state index contributed by atoms with van der Waals surface area (Å²) in [7, 11) is 0. The molecule has 1 aliphatic carbocycles. The molecule has 0 saturated heterocycles. The normalized spacial score (nSPS) is 15.3. The van der Waals surface area contributed by atoms with Gasteiger partial charge < -0.3 is 4.90 Å². The SMILES string of the molecule is O=C(c1ccccc1)N(Cc1ccccc1)CC1CCCCC1. The molecule has 3 rings (SSSR count). The highest BCUT2D eigenvalue weighted by molar-refractivity contribution is 5.94. The Bertz CT molecular complexity index is 602. The summed E-state index contributed by atoms with van der Waals surface area (Å²) in [6.07, 6.45) is 6.48. The maximum atomic E-state index is 12.9. The van der Waals surface area contributed by atoms with Gasteiger partial charge in [-0.3, -0.25) is 4.79 Å². The van der Waals surface area contributed by atoms with Crippen LogP contribution in [0.25, 0.3) is 0 Å². The summed E-state index contributed by atoms with van der Waals surface area (Å²) in [5.74, 6) is 0.806. The van der Waals surface area contributed by atoms with Crippen LogP contribution in [0.2, 0.25) is 0 Å². The molecule has 0 atom stereocenters. The first-order valence-corrected chi connectivity index (χ1v) is 8.71. The van der Waals surface area contributed by atoms with Crippen LogP contribution in [-0.2, 0) is 6.54 Å². The van der Waals surface area contributed by atoms with Crippen molar-refractivity contribution in [1.29, 1.82) is 0 Å². The van der Waals surface area contributed by atoms with Crippen molar-refractivity contribution < 1.29 is 4.79 Å². The predicted octanol–water partition coefficient (Wildman–Crippen LogP) is 4.91. The fourth-order valence-electron chi connectivity index (χ4n) is 3.47. The van der Waals surface area contributed by atoms with Crippen molar-refractivity contribution in [3.05, 3.63) is 71.8 Å². The molecule has 1 saturated carbocycles. The van der Waals surface area contributed by atoms with Gasteiger partial charge in [-0.2, -0.15) is 0 Å². The molecule has 2 nitrogen and oxygen atoms in total. The zero-order chi connectivity index (χ0) is 15.9. The van der Waals surface area contributed by atoms with Crippen molar-refractivity contribution in [2.24, 2.45) is 5.92 Å². The van der Waals surface area contributed by atoms with Crippen molar-refractivity contribution in [2.75, 3.05) is 6.54 Å². The first kappa shape index (κ1) is 15.8. The number of carbonyl (C=O) groups is 1. The maximum Gasteiger partial charge on any atom is 0.254 e. The zero-order valence-corrected chi connectivity index (χ0v) is 13.7. The molecule has 0 radical (unpaired) electrons. The van der Waals surface area contributed by atoms with Crippen LogP contribution >= 0.6 is 0 Å². The number of nitrogens with zero attached hydrogens (tertiary/aromatic N) is 1.